The highest BCUT2D eigenvalue weighted by Crippen LogP contribution is 2.38. The Bertz CT molecular complexity index is 1240. The van der Waals surface area contributed by atoms with Crippen LogP contribution < -0.4 is 20.8 Å². The molecule has 3 rings (SSSR count). The summed E-state index contributed by atoms with van der Waals surface area (Å²) in [5.74, 6) is -2.91. The zero-order valence-corrected chi connectivity index (χ0v) is 16.9. The van der Waals surface area contributed by atoms with E-state index in [1.54, 1.807) is 24.3 Å². The summed E-state index contributed by atoms with van der Waals surface area (Å²) in [5, 5.41) is 19.4. The summed E-state index contributed by atoms with van der Waals surface area (Å²) in [6.45, 7) is 0.0509. The minimum absolute atomic E-state index is 0.00277. The summed E-state index contributed by atoms with van der Waals surface area (Å²) in [6, 6.07) is 11.3. The van der Waals surface area contributed by atoms with Crippen LogP contribution in [0.3, 0.4) is 0 Å². The number of ether oxygens (including phenoxy) is 2. The van der Waals surface area contributed by atoms with Crippen molar-refractivity contribution in [1.29, 1.82) is 0 Å². The normalized spacial score (nSPS) is 10.5. The van der Waals surface area contributed by atoms with Crippen LogP contribution in [0.5, 0.6) is 11.5 Å². The van der Waals surface area contributed by atoms with E-state index in [2.05, 4.69) is 4.98 Å². The van der Waals surface area contributed by atoms with E-state index in [9.17, 15) is 24.6 Å². The Morgan fingerprint density at radius 1 is 1.10 bits per heavy atom. The van der Waals surface area contributed by atoms with Crippen LogP contribution in [0.15, 0.2) is 47.3 Å². The van der Waals surface area contributed by atoms with Crippen molar-refractivity contribution in [2.75, 3.05) is 12.8 Å². The Labute approximate surface area is 180 Å². The molecule has 0 unspecified atom stereocenters. The molecular weight excluding hydrogens is 428 g/mol. The van der Waals surface area contributed by atoms with Crippen LogP contribution in [0.25, 0.3) is 11.1 Å². The Balaban J connectivity index is 2.20. The number of nitrogens with one attached hydrogen (secondary N) is 1. The third kappa shape index (κ3) is 4.46. The van der Waals surface area contributed by atoms with Crippen molar-refractivity contribution in [3.8, 4) is 22.6 Å². The van der Waals surface area contributed by atoms with Gasteiger partial charge in [-0.15, -0.1) is 0 Å². The third-order valence-corrected chi connectivity index (χ3v) is 4.65. The number of pyridine rings is 1. The van der Waals surface area contributed by atoms with Gasteiger partial charge in [0.15, 0.2) is 0 Å². The molecule has 31 heavy (non-hydrogen) atoms. The molecule has 160 valence electrons. The van der Waals surface area contributed by atoms with Crippen LogP contribution >= 0.6 is 11.6 Å². The van der Waals surface area contributed by atoms with Crippen LogP contribution in [0, 0.1) is 0 Å². The van der Waals surface area contributed by atoms with E-state index >= 15 is 0 Å². The lowest BCUT2D eigenvalue weighted by Gasteiger charge is -2.17. The van der Waals surface area contributed by atoms with E-state index in [0.29, 0.717) is 5.75 Å². The standard InChI is InChI=1S/C21H17ClN2O7/c1-30-12-4-2-3-10(7-12)9-31-14-6-5-11(22)8-13(14)15-16(20(26)27)18(23)24-19(25)17(15)21(28)29/h2-8H,9H2,1H3,(H,26,27)(H,28,29)(H3,23,24,25). The molecule has 0 saturated heterocycles. The fraction of sp³-hybridized carbons (Fsp3) is 0.0952. The third-order valence-electron chi connectivity index (χ3n) is 4.41. The average Bonchev–Trinajstić information content (AvgIpc) is 2.71. The molecule has 5 N–H and O–H groups in total. The van der Waals surface area contributed by atoms with Crippen LogP contribution in [-0.2, 0) is 6.61 Å². The molecule has 0 atom stereocenters. The second-order valence-corrected chi connectivity index (χ2v) is 6.82. The maximum absolute atomic E-state index is 12.3. The molecule has 2 aromatic carbocycles. The summed E-state index contributed by atoms with van der Waals surface area (Å²) in [4.78, 5) is 38.0. The number of carbonyl (C=O) groups is 2. The van der Waals surface area contributed by atoms with Crippen LogP contribution in [0.4, 0.5) is 5.82 Å². The summed E-state index contributed by atoms with van der Waals surface area (Å²) >= 11 is 6.08. The van der Waals surface area contributed by atoms with Crippen LogP contribution in [-0.4, -0.2) is 34.2 Å². The number of nitrogens with two attached hydrogens (primary N) is 1. The zero-order chi connectivity index (χ0) is 22.7. The van der Waals surface area contributed by atoms with Gasteiger partial charge in [-0.2, -0.15) is 0 Å². The number of halogens is 1. The van der Waals surface area contributed by atoms with Crippen molar-refractivity contribution in [3.05, 3.63) is 74.5 Å². The number of rotatable bonds is 7. The molecule has 0 fully saturated rings. The number of aromatic carboxylic acids is 2. The van der Waals surface area contributed by atoms with E-state index in [0.717, 1.165) is 5.56 Å². The molecule has 0 aliphatic heterocycles. The fourth-order valence-electron chi connectivity index (χ4n) is 3.06. The van der Waals surface area contributed by atoms with Crippen molar-refractivity contribution in [2.45, 2.75) is 6.61 Å². The molecule has 10 heteroatoms. The first-order valence-electron chi connectivity index (χ1n) is 8.81. The fourth-order valence-corrected chi connectivity index (χ4v) is 3.23. The Hall–Kier alpha value is -3.98. The van der Waals surface area contributed by atoms with E-state index < -0.39 is 40.0 Å². The summed E-state index contributed by atoms with van der Waals surface area (Å²) < 4.78 is 11.0. The number of aromatic nitrogens is 1. The van der Waals surface area contributed by atoms with Gasteiger partial charge in [-0.1, -0.05) is 23.7 Å². The number of methoxy groups -OCH3 is 1. The molecule has 0 radical (unpaired) electrons. The summed E-state index contributed by atoms with van der Waals surface area (Å²) in [5.41, 5.74) is 3.62. The lowest BCUT2D eigenvalue weighted by molar-refractivity contribution is 0.0695. The van der Waals surface area contributed by atoms with E-state index in [4.69, 9.17) is 26.8 Å². The number of benzene rings is 2. The summed E-state index contributed by atoms with van der Waals surface area (Å²) in [6.07, 6.45) is 0. The van der Waals surface area contributed by atoms with Gasteiger partial charge in [0.2, 0.25) is 0 Å². The van der Waals surface area contributed by atoms with Crippen molar-refractivity contribution < 1.29 is 29.3 Å². The first-order chi connectivity index (χ1) is 14.7. The van der Waals surface area contributed by atoms with Gasteiger partial charge in [-0.25, -0.2) is 9.59 Å². The Kier molecular flexibility index (Phi) is 6.17. The lowest BCUT2D eigenvalue weighted by atomic mass is 9.94. The number of hydrogen-bond donors (Lipinski definition) is 4. The minimum Gasteiger partial charge on any atom is -0.497 e. The van der Waals surface area contributed by atoms with Crippen LogP contribution in [0.1, 0.15) is 26.3 Å². The molecule has 1 aromatic heterocycles. The molecule has 0 aliphatic rings. The largest absolute Gasteiger partial charge is 0.497 e. The second-order valence-electron chi connectivity index (χ2n) is 6.38. The summed E-state index contributed by atoms with van der Waals surface area (Å²) in [7, 11) is 1.52. The van der Waals surface area contributed by atoms with Gasteiger partial charge in [-0.3, -0.25) is 4.79 Å². The monoisotopic (exact) mass is 444 g/mol. The molecule has 0 aliphatic carbocycles. The highest BCUT2D eigenvalue weighted by atomic mass is 35.5. The van der Waals surface area contributed by atoms with Crippen molar-refractivity contribution in [1.82, 2.24) is 4.98 Å². The first kappa shape index (κ1) is 21.7. The average molecular weight is 445 g/mol. The topological polar surface area (TPSA) is 152 Å². The van der Waals surface area contributed by atoms with Gasteiger partial charge < -0.3 is 30.4 Å². The zero-order valence-electron chi connectivity index (χ0n) is 16.1. The predicted molar refractivity (Wildman–Crippen MR) is 113 cm³/mol. The van der Waals surface area contributed by atoms with Gasteiger partial charge in [-0.05, 0) is 35.9 Å². The van der Waals surface area contributed by atoms with Gasteiger partial charge in [0.05, 0.1) is 7.11 Å². The molecule has 0 saturated carbocycles. The molecule has 1 heterocycles. The van der Waals surface area contributed by atoms with Crippen LogP contribution in [0.2, 0.25) is 5.02 Å². The highest BCUT2D eigenvalue weighted by molar-refractivity contribution is 6.31. The minimum atomic E-state index is -1.63. The highest BCUT2D eigenvalue weighted by Gasteiger charge is 2.28. The maximum atomic E-state index is 12.3. The molecule has 3 aromatic rings. The van der Waals surface area contributed by atoms with E-state index in [1.807, 2.05) is 0 Å². The second kappa shape index (κ2) is 8.80. The van der Waals surface area contributed by atoms with Gasteiger partial charge in [0.25, 0.3) is 5.56 Å². The van der Waals surface area contributed by atoms with Crippen molar-refractivity contribution in [2.24, 2.45) is 0 Å². The molecule has 0 spiro atoms. The van der Waals surface area contributed by atoms with Gasteiger partial charge >= 0.3 is 11.9 Å². The quantitative estimate of drug-likeness (QED) is 0.433. The molecular formula is C21H17ClN2O7. The van der Waals surface area contributed by atoms with Crippen molar-refractivity contribution >= 4 is 29.4 Å². The molecule has 0 amide bonds. The number of H-pyrrole nitrogens is 1. The lowest BCUT2D eigenvalue weighted by Crippen LogP contribution is -2.24. The van der Waals surface area contributed by atoms with E-state index in [1.165, 1.54) is 25.3 Å². The van der Waals surface area contributed by atoms with Gasteiger partial charge in [0, 0.05) is 16.1 Å². The predicted octanol–water partition coefficient (Wildman–Crippen LogP) is 3.26. The van der Waals surface area contributed by atoms with E-state index in [-0.39, 0.29) is 22.9 Å². The SMILES string of the molecule is COc1cccc(COc2ccc(Cl)cc2-c2c(C(=O)O)c(N)[nH]c(=O)c2C(=O)O)c1. The Morgan fingerprint density at radius 2 is 1.81 bits per heavy atom. The van der Waals surface area contributed by atoms with Crippen molar-refractivity contribution in [3.63, 3.8) is 0 Å². The number of carboxylic acid groups (broad SMARTS) is 2. The molecule has 0 bridgehead atoms. The maximum Gasteiger partial charge on any atom is 0.342 e. The smallest absolute Gasteiger partial charge is 0.342 e. The number of anilines is 1. The first-order valence-corrected chi connectivity index (χ1v) is 9.18. The molecule has 9 nitrogen and oxygen atoms in total. The Morgan fingerprint density at radius 3 is 2.45 bits per heavy atom. The number of aromatic amines is 1. The number of hydrogen-bond acceptors (Lipinski definition) is 6. The number of carboxylic acids is 2. The number of nitrogen functional groups attached to an aromatic ring is 1. The van der Waals surface area contributed by atoms with Gasteiger partial charge in [0.1, 0.15) is 35.1 Å².